The van der Waals surface area contributed by atoms with E-state index in [4.69, 9.17) is 9.72 Å². The molecular formula is C13H24N2OS. The number of hydrogen-bond donors (Lipinski definition) is 1. The Bertz CT molecular complexity index is 343. The second-order valence-electron chi connectivity index (χ2n) is 5.32. The van der Waals surface area contributed by atoms with Gasteiger partial charge in [0.15, 0.2) is 0 Å². The van der Waals surface area contributed by atoms with E-state index in [2.05, 4.69) is 38.4 Å². The predicted octanol–water partition coefficient (Wildman–Crippen LogP) is 3.55. The minimum atomic E-state index is 0.0774. The zero-order chi connectivity index (χ0) is 13.1. The highest BCUT2D eigenvalue weighted by Crippen LogP contribution is 2.37. The first-order chi connectivity index (χ1) is 7.90. The van der Waals surface area contributed by atoms with Gasteiger partial charge in [-0.3, -0.25) is 0 Å². The van der Waals surface area contributed by atoms with Gasteiger partial charge in [0.2, 0.25) is 0 Å². The van der Waals surface area contributed by atoms with Crippen LogP contribution < -0.4 is 5.32 Å². The molecule has 17 heavy (non-hydrogen) atoms. The summed E-state index contributed by atoms with van der Waals surface area (Å²) in [6.45, 7) is 11.4. The van der Waals surface area contributed by atoms with Crippen molar-refractivity contribution >= 4 is 11.3 Å². The van der Waals surface area contributed by atoms with E-state index in [-0.39, 0.29) is 11.5 Å². The number of thiazole rings is 1. The summed E-state index contributed by atoms with van der Waals surface area (Å²) in [5.74, 6) is 0. The maximum atomic E-state index is 5.85. The van der Waals surface area contributed by atoms with Gasteiger partial charge in [-0.2, -0.15) is 0 Å². The van der Waals surface area contributed by atoms with Crippen molar-refractivity contribution < 1.29 is 4.74 Å². The maximum absolute atomic E-state index is 5.85. The van der Waals surface area contributed by atoms with Crippen LogP contribution in [0.1, 0.15) is 57.5 Å². The summed E-state index contributed by atoms with van der Waals surface area (Å²) < 4.78 is 5.85. The lowest BCUT2D eigenvalue weighted by molar-refractivity contribution is -0.0134. The first kappa shape index (κ1) is 14.6. The van der Waals surface area contributed by atoms with Crippen molar-refractivity contribution in [1.82, 2.24) is 10.3 Å². The summed E-state index contributed by atoms with van der Waals surface area (Å²) in [5.41, 5.74) is 1.18. The van der Waals surface area contributed by atoms with Crippen LogP contribution in [0.25, 0.3) is 0 Å². The maximum Gasteiger partial charge on any atom is 0.122 e. The van der Waals surface area contributed by atoms with Crippen LogP contribution in [-0.4, -0.2) is 18.6 Å². The number of rotatable bonds is 5. The molecule has 0 fully saturated rings. The Morgan fingerprint density at radius 2 is 2.12 bits per heavy atom. The minimum absolute atomic E-state index is 0.0774. The smallest absolute Gasteiger partial charge is 0.122 e. The molecule has 0 radical (unpaired) electrons. The van der Waals surface area contributed by atoms with Gasteiger partial charge in [-0.05, 0) is 26.3 Å². The summed E-state index contributed by atoms with van der Waals surface area (Å²) in [7, 11) is 1.95. The van der Waals surface area contributed by atoms with Gasteiger partial charge in [-0.15, -0.1) is 11.3 Å². The van der Waals surface area contributed by atoms with Crippen molar-refractivity contribution in [3.05, 3.63) is 16.1 Å². The second-order valence-corrected chi connectivity index (χ2v) is 6.21. The van der Waals surface area contributed by atoms with E-state index in [1.807, 2.05) is 14.0 Å². The number of nitrogens with zero attached hydrogens (tertiary/aromatic N) is 1. The summed E-state index contributed by atoms with van der Waals surface area (Å²) in [5, 5.41) is 6.41. The normalized spacial score (nSPS) is 15.9. The summed E-state index contributed by atoms with van der Waals surface area (Å²) in [6.07, 6.45) is 0.0790. The Hall–Kier alpha value is -0.450. The standard InChI is InChI=1S/C13H24N2OS/c1-7-16-11(13(3,4)5)12-15-10(8-17-12)9(2)14-6/h8-9,11,14H,7H2,1-6H3. The Morgan fingerprint density at radius 3 is 2.59 bits per heavy atom. The van der Waals surface area contributed by atoms with Crippen molar-refractivity contribution in [2.75, 3.05) is 13.7 Å². The molecule has 0 aliphatic heterocycles. The molecule has 0 bridgehead atoms. The largest absolute Gasteiger partial charge is 0.371 e. The first-order valence-corrected chi connectivity index (χ1v) is 7.02. The van der Waals surface area contributed by atoms with E-state index < -0.39 is 0 Å². The van der Waals surface area contributed by atoms with Gasteiger partial charge in [0.1, 0.15) is 11.1 Å². The van der Waals surface area contributed by atoms with Crippen LogP contribution in [0.2, 0.25) is 0 Å². The van der Waals surface area contributed by atoms with Crippen LogP contribution in [0.5, 0.6) is 0 Å². The molecule has 3 nitrogen and oxygen atoms in total. The Kier molecular flexibility index (Phi) is 5.10. The molecule has 0 aromatic carbocycles. The number of ether oxygens (including phenoxy) is 1. The number of nitrogens with one attached hydrogen (secondary N) is 1. The zero-order valence-electron chi connectivity index (χ0n) is 11.7. The average Bonchev–Trinajstić information content (AvgIpc) is 2.72. The lowest BCUT2D eigenvalue weighted by atomic mass is 9.89. The van der Waals surface area contributed by atoms with Gasteiger partial charge in [0.25, 0.3) is 0 Å². The summed E-state index contributed by atoms with van der Waals surface area (Å²) >= 11 is 1.69. The molecule has 0 aliphatic carbocycles. The van der Waals surface area contributed by atoms with Crippen LogP contribution in [0, 0.1) is 5.41 Å². The van der Waals surface area contributed by atoms with E-state index in [9.17, 15) is 0 Å². The zero-order valence-corrected chi connectivity index (χ0v) is 12.5. The Balaban J connectivity index is 2.92. The number of aromatic nitrogens is 1. The highest BCUT2D eigenvalue weighted by molar-refractivity contribution is 7.09. The lowest BCUT2D eigenvalue weighted by Gasteiger charge is -2.28. The molecule has 0 spiro atoms. The van der Waals surface area contributed by atoms with Gasteiger partial charge in [0.05, 0.1) is 5.69 Å². The molecule has 0 amide bonds. The van der Waals surface area contributed by atoms with E-state index in [1.54, 1.807) is 11.3 Å². The van der Waals surface area contributed by atoms with Crippen molar-refractivity contribution in [2.24, 2.45) is 5.41 Å². The third kappa shape index (κ3) is 3.76. The van der Waals surface area contributed by atoms with Crippen molar-refractivity contribution in [1.29, 1.82) is 0 Å². The molecule has 1 aromatic heterocycles. The molecule has 1 aromatic rings. The van der Waals surface area contributed by atoms with Gasteiger partial charge in [0, 0.05) is 18.0 Å². The number of hydrogen-bond acceptors (Lipinski definition) is 4. The molecular weight excluding hydrogens is 232 g/mol. The average molecular weight is 256 g/mol. The molecule has 2 unspecified atom stereocenters. The van der Waals surface area contributed by atoms with Crippen LogP contribution in [0.4, 0.5) is 0 Å². The fourth-order valence-corrected chi connectivity index (χ4v) is 2.83. The first-order valence-electron chi connectivity index (χ1n) is 6.14. The fraction of sp³-hybridized carbons (Fsp3) is 0.769. The van der Waals surface area contributed by atoms with Crippen LogP contribution >= 0.6 is 11.3 Å². The van der Waals surface area contributed by atoms with E-state index >= 15 is 0 Å². The summed E-state index contributed by atoms with van der Waals surface area (Å²) in [4.78, 5) is 4.70. The van der Waals surface area contributed by atoms with E-state index in [1.165, 1.54) is 0 Å². The predicted molar refractivity (Wildman–Crippen MR) is 73.4 cm³/mol. The Morgan fingerprint density at radius 1 is 1.47 bits per heavy atom. The van der Waals surface area contributed by atoms with E-state index in [0.29, 0.717) is 6.04 Å². The van der Waals surface area contributed by atoms with Crippen LogP contribution in [-0.2, 0) is 4.74 Å². The van der Waals surface area contributed by atoms with Gasteiger partial charge >= 0.3 is 0 Å². The molecule has 1 N–H and O–H groups in total. The minimum Gasteiger partial charge on any atom is -0.371 e. The molecule has 2 atom stereocenters. The van der Waals surface area contributed by atoms with Crippen LogP contribution in [0.15, 0.2) is 5.38 Å². The molecule has 0 saturated heterocycles. The molecule has 1 heterocycles. The molecule has 1 rings (SSSR count). The SMILES string of the molecule is CCOC(c1nc(C(C)NC)cs1)C(C)(C)C. The van der Waals surface area contributed by atoms with Gasteiger partial charge in [-0.1, -0.05) is 20.8 Å². The molecule has 98 valence electrons. The van der Waals surface area contributed by atoms with Crippen molar-refractivity contribution in [3.63, 3.8) is 0 Å². The topological polar surface area (TPSA) is 34.1 Å². The lowest BCUT2D eigenvalue weighted by Crippen LogP contribution is -2.21. The monoisotopic (exact) mass is 256 g/mol. The highest BCUT2D eigenvalue weighted by atomic mass is 32.1. The van der Waals surface area contributed by atoms with Gasteiger partial charge in [-0.25, -0.2) is 4.98 Å². The molecule has 0 saturated carbocycles. The van der Waals surface area contributed by atoms with E-state index in [0.717, 1.165) is 17.3 Å². The van der Waals surface area contributed by atoms with Crippen LogP contribution in [0.3, 0.4) is 0 Å². The van der Waals surface area contributed by atoms with Gasteiger partial charge < -0.3 is 10.1 Å². The third-order valence-corrected chi connectivity index (χ3v) is 3.67. The highest BCUT2D eigenvalue weighted by Gasteiger charge is 2.29. The quantitative estimate of drug-likeness (QED) is 0.875. The van der Waals surface area contributed by atoms with Crippen molar-refractivity contribution in [2.45, 2.75) is 46.8 Å². The van der Waals surface area contributed by atoms with Crippen molar-refractivity contribution in [3.8, 4) is 0 Å². The third-order valence-electron chi connectivity index (χ3n) is 2.76. The Labute approximate surface area is 109 Å². The summed E-state index contributed by atoms with van der Waals surface area (Å²) in [6, 6.07) is 0.294. The second kappa shape index (κ2) is 5.94. The fourth-order valence-electron chi connectivity index (χ4n) is 1.63. The molecule has 4 heteroatoms. The molecule has 0 aliphatic rings.